The summed E-state index contributed by atoms with van der Waals surface area (Å²) in [5.41, 5.74) is 6.50. The van der Waals surface area contributed by atoms with Gasteiger partial charge in [-0.3, -0.25) is 14.5 Å². The number of aryl methyl sites for hydroxylation is 2. The molecule has 3 aromatic rings. The van der Waals surface area contributed by atoms with E-state index in [1.807, 2.05) is 37.6 Å². The molecule has 146 valence electrons. The van der Waals surface area contributed by atoms with Gasteiger partial charge < -0.3 is 5.32 Å². The molecule has 0 saturated carbocycles. The number of aromatic nitrogens is 3. The highest BCUT2D eigenvalue weighted by Crippen LogP contribution is 2.23. The van der Waals surface area contributed by atoms with E-state index < -0.39 is 0 Å². The highest BCUT2D eigenvalue weighted by atomic mass is 16.2. The summed E-state index contributed by atoms with van der Waals surface area (Å²) in [6, 6.07) is 11.9. The van der Waals surface area contributed by atoms with Crippen molar-refractivity contribution in [2.45, 2.75) is 47.2 Å². The predicted molar refractivity (Wildman–Crippen MR) is 111 cm³/mol. The summed E-state index contributed by atoms with van der Waals surface area (Å²) in [7, 11) is 0. The Morgan fingerprint density at radius 3 is 2.36 bits per heavy atom. The Hall–Kier alpha value is -2.95. The number of hydrogen-bond donors (Lipinski definition) is 1. The molecule has 0 unspecified atom stereocenters. The Bertz CT molecular complexity index is 945. The van der Waals surface area contributed by atoms with Gasteiger partial charge in [-0.2, -0.15) is 5.10 Å². The Balaban J connectivity index is 1.80. The Labute approximate surface area is 166 Å². The van der Waals surface area contributed by atoms with Crippen LogP contribution in [-0.4, -0.2) is 20.7 Å². The number of hydrogen-bond acceptors (Lipinski definition) is 3. The molecule has 3 rings (SSSR count). The first-order valence-electron chi connectivity index (χ1n) is 9.64. The highest BCUT2D eigenvalue weighted by molar-refractivity contribution is 5.79. The zero-order valence-corrected chi connectivity index (χ0v) is 17.2. The van der Waals surface area contributed by atoms with Gasteiger partial charge in [0.1, 0.15) is 0 Å². The fraction of sp³-hybridized carbons (Fsp3) is 0.348. The van der Waals surface area contributed by atoms with E-state index in [2.05, 4.69) is 53.5 Å². The van der Waals surface area contributed by atoms with E-state index in [9.17, 15) is 4.79 Å². The van der Waals surface area contributed by atoms with Crippen LogP contribution in [0, 0.1) is 33.6 Å². The predicted octanol–water partition coefficient (Wildman–Crippen LogP) is 4.05. The highest BCUT2D eigenvalue weighted by Gasteiger charge is 2.22. The molecule has 1 N–H and O–H groups in total. The molecule has 0 saturated heterocycles. The molecule has 5 nitrogen and oxygen atoms in total. The molecule has 28 heavy (non-hydrogen) atoms. The molecule has 0 fully saturated rings. The van der Waals surface area contributed by atoms with Crippen LogP contribution in [-0.2, 0) is 11.3 Å². The number of nitrogens with one attached hydrogen (secondary N) is 1. The van der Waals surface area contributed by atoms with Crippen molar-refractivity contribution in [3.8, 4) is 0 Å². The number of carbonyl (C=O) groups excluding carboxylic acids is 1. The average Bonchev–Trinajstić information content (AvgIpc) is 2.94. The van der Waals surface area contributed by atoms with Crippen molar-refractivity contribution in [2.75, 3.05) is 0 Å². The van der Waals surface area contributed by atoms with Gasteiger partial charge >= 0.3 is 0 Å². The molecule has 0 aliphatic carbocycles. The summed E-state index contributed by atoms with van der Waals surface area (Å²) in [6.07, 6.45) is 3.55. The smallest absolute Gasteiger partial charge is 0.225 e. The fourth-order valence-corrected chi connectivity index (χ4v) is 3.26. The second-order valence-corrected chi connectivity index (χ2v) is 7.52. The van der Waals surface area contributed by atoms with E-state index in [1.165, 1.54) is 11.1 Å². The van der Waals surface area contributed by atoms with Gasteiger partial charge in [-0.25, -0.2) is 0 Å². The summed E-state index contributed by atoms with van der Waals surface area (Å²) >= 11 is 0. The van der Waals surface area contributed by atoms with Crippen LogP contribution >= 0.6 is 0 Å². The molecule has 2 atom stereocenters. The number of rotatable bonds is 6. The van der Waals surface area contributed by atoms with Crippen LogP contribution in [0.1, 0.15) is 46.6 Å². The largest absolute Gasteiger partial charge is 0.345 e. The van der Waals surface area contributed by atoms with E-state index in [0.29, 0.717) is 6.54 Å². The van der Waals surface area contributed by atoms with E-state index >= 15 is 0 Å². The van der Waals surface area contributed by atoms with Crippen molar-refractivity contribution in [3.05, 3.63) is 82.4 Å². The number of pyridine rings is 1. The number of nitrogens with zero attached hydrogens (tertiary/aromatic N) is 3. The number of benzene rings is 1. The van der Waals surface area contributed by atoms with Crippen LogP contribution in [0.4, 0.5) is 0 Å². The summed E-state index contributed by atoms with van der Waals surface area (Å²) in [6.45, 7) is 10.7. The third kappa shape index (κ3) is 4.30. The summed E-state index contributed by atoms with van der Waals surface area (Å²) in [5, 5.41) is 7.77. The first-order chi connectivity index (χ1) is 13.4. The molecule has 0 aliphatic rings. The Morgan fingerprint density at radius 1 is 1.07 bits per heavy atom. The molecule has 0 radical (unpaired) electrons. The van der Waals surface area contributed by atoms with Gasteiger partial charge in [0.05, 0.1) is 24.2 Å². The molecule has 2 heterocycles. The van der Waals surface area contributed by atoms with Crippen molar-refractivity contribution >= 4 is 5.91 Å². The third-order valence-corrected chi connectivity index (χ3v) is 5.35. The van der Waals surface area contributed by atoms with Gasteiger partial charge in [0.25, 0.3) is 0 Å². The SMILES string of the molecule is Cc1ccc([C@@H](NC(=O)[C@H](C)Cn2nc(C)c(C)c2C)c2cccnc2)cc1. The topological polar surface area (TPSA) is 59.8 Å². The van der Waals surface area contributed by atoms with Gasteiger partial charge in [0.15, 0.2) is 0 Å². The van der Waals surface area contributed by atoms with Crippen molar-refractivity contribution in [1.29, 1.82) is 0 Å². The average molecular weight is 377 g/mol. The summed E-state index contributed by atoms with van der Waals surface area (Å²) in [5.74, 6) is -0.207. The van der Waals surface area contributed by atoms with Gasteiger partial charge in [0, 0.05) is 18.1 Å². The summed E-state index contributed by atoms with van der Waals surface area (Å²) < 4.78 is 1.93. The maximum Gasteiger partial charge on any atom is 0.225 e. The van der Waals surface area contributed by atoms with E-state index in [-0.39, 0.29) is 17.9 Å². The van der Waals surface area contributed by atoms with Gasteiger partial charge in [-0.15, -0.1) is 0 Å². The standard InChI is InChI=1S/C23H28N4O/c1-15-8-10-20(11-9-15)22(21-7-6-12-24-13-21)25-23(28)16(2)14-27-19(5)17(3)18(4)26-27/h6-13,16,22H,14H2,1-5H3,(H,25,28)/t16-,22-/m1/s1. The van der Waals surface area contributed by atoms with Crippen LogP contribution < -0.4 is 5.32 Å². The van der Waals surface area contributed by atoms with Crippen molar-refractivity contribution in [1.82, 2.24) is 20.1 Å². The normalized spacial score (nSPS) is 13.2. The number of carbonyl (C=O) groups is 1. The maximum atomic E-state index is 13.0. The zero-order chi connectivity index (χ0) is 20.3. The van der Waals surface area contributed by atoms with Crippen LogP contribution in [0.3, 0.4) is 0 Å². The third-order valence-electron chi connectivity index (χ3n) is 5.35. The molecule has 0 spiro atoms. The van der Waals surface area contributed by atoms with Crippen LogP contribution in [0.15, 0.2) is 48.8 Å². The molecule has 0 bridgehead atoms. The Morgan fingerprint density at radius 2 is 1.79 bits per heavy atom. The monoisotopic (exact) mass is 376 g/mol. The number of amides is 1. The molecule has 1 amide bonds. The maximum absolute atomic E-state index is 13.0. The lowest BCUT2D eigenvalue weighted by molar-refractivity contribution is -0.125. The van der Waals surface area contributed by atoms with Crippen molar-refractivity contribution in [2.24, 2.45) is 5.92 Å². The van der Waals surface area contributed by atoms with Crippen LogP contribution in [0.2, 0.25) is 0 Å². The van der Waals surface area contributed by atoms with E-state index in [4.69, 9.17) is 0 Å². The first-order valence-corrected chi connectivity index (χ1v) is 9.64. The summed E-state index contributed by atoms with van der Waals surface area (Å²) in [4.78, 5) is 17.2. The second kappa shape index (κ2) is 8.38. The van der Waals surface area contributed by atoms with Crippen molar-refractivity contribution < 1.29 is 4.79 Å². The quantitative estimate of drug-likeness (QED) is 0.706. The lowest BCUT2D eigenvalue weighted by Gasteiger charge is -2.22. The zero-order valence-electron chi connectivity index (χ0n) is 17.2. The lowest BCUT2D eigenvalue weighted by atomic mass is 9.98. The van der Waals surface area contributed by atoms with Gasteiger partial charge in [-0.1, -0.05) is 42.8 Å². The lowest BCUT2D eigenvalue weighted by Crippen LogP contribution is -2.35. The molecule has 0 aliphatic heterocycles. The van der Waals surface area contributed by atoms with Crippen LogP contribution in [0.25, 0.3) is 0 Å². The first kappa shape index (κ1) is 19.8. The molecule has 5 heteroatoms. The van der Waals surface area contributed by atoms with Crippen LogP contribution in [0.5, 0.6) is 0 Å². The Kier molecular flexibility index (Phi) is 5.93. The van der Waals surface area contributed by atoms with Gasteiger partial charge in [0.2, 0.25) is 5.91 Å². The fourth-order valence-electron chi connectivity index (χ4n) is 3.26. The van der Waals surface area contributed by atoms with E-state index in [0.717, 1.165) is 22.5 Å². The second-order valence-electron chi connectivity index (χ2n) is 7.52. The minimum atomic E-state index is -0.230. The molecule has 1 aromatic carbocycles. The minimum Gasteiger partial charge on any atom is -0.345 e. The molecule has 2 aromatic heterocycles. The minimum absolute atomic E-state index is 0.000339. The van der Waals surface area contributed by atoms with E-state index in [1.54, 1.807) is 12.4 Å². The van der Waals surface area contributed by atoms with Crippen molar-refractivity contribution in [3.63, 3.8) is 0 Å². The molecular formula is C23H28N4O. The molecular weight excluding hydrogens is 348 g/mol. The van der Waals surface area contributed by atoms with Gasteiger partial charge in [-0.05, 0) is 50.5 Å².